The van der Waals surface area contributed by atoms with E-state index >= 15 is 0 Å². The Labute approximate surface area is 189 Å². The molecule has 1 amide bonds. The summed E-state index contributed by atoms with van der Waals surface area (Å²) in [5.41, 5.74) is 3.18. The molecule has 0 atom stereocenters. The zero-order chi connectivity index (χ0) is 21.6. The number of nitrogens with zero attached hydrogens (tertiary/aromatic N) is 1. The second kappa shape index (κ2) is 10.3. The molecule has 0 saturated heterocycles. The van der Waals surface area contributed by atoms with Crippen LogP contribution in [0, 0.1) is 0 Å². The average Bonchev–Trinajstić information content (AvgIpc) is 3.28. The topological polar surface area (TPSA) is 81.4 Å². The number of benzene rings is 1. The monoisotopic (exact) mass is 458 g/mol. The van der Waals surface area contributed by atoms with Crippen LogP contribution < -0.4 is 5.32 Å². The van der Waals surface area contributed by atoms with Crippen molar-refractivity contribution in [3.63, 3.8) is 0 Å². The fraction of sp³-hybridized carbons (Fsp3) is 0.435. The highest BCUT2D eigenvalue weighted by Gasteiger charge is 2.26. The van der Waals surface area contributed by atoms with E-state index in [1.54, 1.807) is 6.92 Å². The lowest BCUT2D eigenvalue weighted by Gasteiger charge is -2.11. The van der Waals surface area contributed by atoms with E-state index in [2.05, 4.69) is 10.3 Å². The SMILES string of the molecule is CCOC(=O)c1c(NC(=O)CCSc2nc3ccccc3o2)sc2c1CCCCCC2. The maximum atomic E-state index is 12.7. The molecular formula is C23H26N2O4S2. The number of hydrogen-bond donors (Lipinski definition) is 1. The minimum absolute atomic E-state index is 0.122. The fourth-order valence-electron chi connectivity index (χ4n) is 3.76. The Kier molecular flexibility index (Phi) is 7.29. The number of fused-ring (bicyclic) bond motifs is 2. The number of oxazole rings is 1. The van der Waals surface area contributed by atoms with E-state index in [0.717, 1.165) is 42.3 Å². The van der Waals surface area contributed by atoms with Gasteiger partial charge >= 0.3 is 5.97 Å². The molecule has 1 aliphatic rings. The predicted molar refractivity (Wildman–Crippen MR) is 124 cm³/mol. The third kappa shape index (κ3) is 5.30. The Morgan fingerprint density at radius 1 is 1.19 bits per heavy atom. The van der Waals surface area contributed by atoms with E-state index in [4.69, 9.17) is 9.15 Å². The summed E-state index contributed by atoms with van der Waals surface area (Å²) in [4.78, 5) is 30.9. The molecule has 0 unspecified atom stereocenters. The first kappa shape index (κ1) is 21.9. The number of hydrogen-bond acceptors (Lipinski definition) is 7. The number of thioether (sulfide) groups is 1. The summed E-state index contributed by atoms with van der Waals surface area (Å²) in [7, 11) is 0. The highest BCUT2D eigenvalue weighted by Crippen LogP contribution is 2.37. The van der Waals surface area contributed by atoms with Gasteiger partial charge in [0, 0.05) is 17.1 Å². The quantitative estimate of drug-likeness (QED) is 0.353. The molecule has 1 N–H and O–H groups in total. The van der Waals surface area contributed by atoms with Gasteiger partial charge in [0.15, 0.2) is 5.58 Å². The van der Waals surface area contributed by atoms with Gasteiger partial charge in [-0.25, -0.2) is 9.78 Å². The third-order valence-electron chi connectivity index (χ3n) is 5.23. The van der Waals surface area contributed by atoms with Crippen molar-refractivity contribution < 1.29 is 18.7 Å². The maximum absolute atomic E-state index is 12.7. The molecule has 1 aliphatic carbocycles. The predicted octanol–water partition coefficient (Wildman–Crippen LogP) is 5.85. The molecule has 2 heterocycles. The van der Waals surface area contributed by atoms with Crippen LogP contribution in [0.2, 0.25) is 0 Å². The third-order valence-corrected chi connectivity index (χ3v) is 7.27. The molecule has 164 valence electrons. The van der Waals surface area contributed by atoms with Gasteiger partial charge < -0.3 is 14.5 Å². The summed E-state index contributed by atoms with van der Waals surface area (Å²) in [6.45, 7) is 2.12. The summed E-state index contributed by atoms with van der Waals surface area (Å²) in [6.07, 6.45) is 6.68. The summed E-state index contributed by atoms with van der Waals surface area (Å²) in [5.74, 6) is 0.0819. The highest BCUT2D eigenvalue weighted by molar-refractivity contribution is 7.99. The zero-order valence-electron chi connectivity index (χ0n) is 17.6. The van der Waals surface area contributed by atoms with Crippen molar-refractivity contribution in [2.45, 2.75) is 57.1 Å². The van der Waals surface area contributed by atoms with Crippen molar-refractivity contribution in [1.29, 1.82) is 0 Å². The smallest absolute Gasteiger partial charge is 0.341 e. The molecule has 0 bridgehead atoms. The van der Waals surface area contributed by atoms with Crippen molar-refractivity contribution in [3.05, 3.63) is 40.3 Å². The lowest BCUT2D eigenvalue weighted by atomic mass is 9.96. The van der Waals surface area contributed by atoms with E-state index in [9.17, 15) is 9.59 Å². The Hall–Kier alpha value is -2.32. The van der Waals surface area contributed by atoms with Gasteiger partial charge in [-0.05, 0) is 50.3 Å². The lowest BCUT2D eigenvalue weighted by molar-refractivity contribution is -0.115. The number of nitrogens with one attached hydrogen (secondary N) is 1. The normalized spacial score (nSPS) is 14.0. The molecule has 0 spiro atoms. The number of thiophene rings is 1. The van der Waals surface area contributed by atoms with E-state index in [1.165, 1.54) is 40.8 Å². The molecule has 0 fully saturated rings. The van der Waals surface area contributed by atoms with Crippen LogP contribution in [0.3, 0.4) is 0 Å². The van der Waals surface area contributed by atoms with Crippen LogP contribution in [0.5, 0.6) is 0 Å². The molecule has 4 rings (SSSR count). The molecule has 6 nitrogen and oxygen atoms in total. The molecule has 1 aromatic carbocycles. The number of rotatable bonds is 7. The summed E-state index contributed by atoms with van der Waals surface area (Å²) < 4.78 is 11.0. The molecule has 31 heavy (non-hydrogen) atoms. The number of amides is 1. The van der Waals surface area contributed by atoms with E-state index in [0.29, 0.717) is 34.6 Å². The van der Waals surface area contributed by atoms with Crippen LogP contribution in [-0.4, -0.2) is 29.2 Å². The number of aromatic nitrogens is 1. The Morgan fingerprint density at radius 2 is 2.00 bits per heavy atom. The van der Waals surface area contributed by atoms with Crippen molar-refractivity contribution in [3.8, 4) is 0 Å². The van der Waals surface area contributed by atoms with E-state index in [1.807, 2.05) is 24.3 Å². The second-order valence-corrected chi connectivity index (χ2v) is 9.59. The standard InChI is InChI=1S/C23H26N2O4S2/c1-2-28-22(27)20-15-9-5-3-4-6-12-18(15)31-21(20)25-19(26)13-14-30-23-24-16-10-7-8-11-17(16)29-23/h7-8,10-11H,2-6,9,12-14H2,1H3,(H,25,26). The number of ether oxygens (including phenoxy) is 1. The zero-order valence-corrected chi connectivity index (χ0v) is 19.2. The number of anilines is 1. The van der Waals surface area contributed by atoms with Crippen molar-refractivity contribution in [2.24, 2.45) is 0 Å². The minimum Gasteiger partial charge on any atom is -0.462 e. The second-order valence-electron chi connectivity index (χ2n) is 7.44. The maximum Gasteiger partial charge on any atom is 0.341 e. The lowest BCUT2D eigenvalue weighted by Crippen LogP contribution is -2.15. The first-order chi connectivity index (χ1) is 15.2. The largest absolute Gasteiger partial charge is 0.462 e. The van der Waals surface area contributed by atoms with Gasteiger partial charge in [-0.1, -0.05) is 36.7 Å². The first-order valence-electron chi connectivity index (χ1n) is 10.8. The highest BCUT2D eigenvalue weighted by atomic mass is 32.2. The van der Waals surface area contributed by atoms with Gasteiger partial charge in [-0.15, -0.1) is 11.3 Å². The van der Waals surface area contributed by atoms with Gasteiger partial charge in [-0.3, -0.25) is 4.79 Å². The molecule has 0 aliphatic heterocycles. The Morgan fingerprint density at radius 3 is 2.81 bits per heavy atom. The molecule has 0 radical (unpaired) electrons. The van der Waals surface area contributed by atoms with Gasteiger partial charge in [0.1, 0.15) is 10.5 Å². The average molecular weight is 459 g/mol. The van der Waals surface area contributed by atoms with Crippen molar-refractivity contribution in [2.75, 3.05) is 17.7 Å². The number of carbonyl (C=O) groups excluding carboxylic acids is 2. The Balaban J connectivity index is 1.42. The van der Waals surface area contributed by atoms with Crippen LogP contribution in [-0.2, 0) is 22.4 Å². The summed E-state index contributed by atoms with van der Waals surface area (Å²) in [6, 6.07) is 7.59. The molecule has 2 aromatic heterocycles. The Bertz CT molecular complexity index is 1040. The van der Waals surface area contributed by atoms with Gasteiger partial charge in [0.25, 0.3) is 5.22 Å². The minimum atomic E-state index is -0.336. The van der Waals surface area contributed by atoms with Gasteiger partial charge in [-0.2, -0.15) is 0 Å². The summed E-state index contributed by atoms with van der Waals surface area (Å²) in [5, 5.41) is 4.16. The molecular weight excluding hydrogens is 432 g/mol. The summed E-state index contributed by atoms with van der Waals surface area (Å²) >= 11 is 2.94. The van der Waals surface area contributed by atoms with E-state index in [-0.39, 0.29) is 11.9 Å². The van der Waals surface area contributed by atoms with Crippen molar-refractivity contribution in [1.82, 2.24) is 4.98 Å². The molecule has 0 saturated carbocycles. The number of para-hydroxylation sites is 2. The number of aryl methyl sites for hydroxylation is 1. The molecule has 8 heteroatoms. The number of carbonyl (C=O) groups is 2. The first-order valence-corrected chi connectivity index (χ1v) is 12.6. The van der Waals surface area contributed by atoms with Crippen LogP contribution in [0.15, 0.2) is 33.9 Å². The van der Waals surface area contributed by atoms with Crippen LogP contribution in [0.25, 0.3) is 11.1 Å². The van der Waals surface area contributed by atoms with Crippen molar-refractivity contribution >= 4 is 51.1 Å². The van der Waals surface area contributed by atoms with Gasteiger partial charge in [0.2, 0.25) is 5.91 Å². The van der Waals surface area contributed by atoms with Crippen LogP contribution >= 0.6 is 23.1 Å². The molecule has 3 aromatic rings. The van der Waals surface area contributed by atoms with Gasteiger partial charge in [0.05, 0.1) is 12.2 Å². The van der Waals surface area contributed by atoms with Crippen LogP contribution in [0.1, 0.15) is 59.8 Å². The number of esters is 1. The van der Waals surface area contributed by atoms with Crippen LogP contribution in [0.4, 0.5) is 5.00 Å². The fourth-order valence-corrected chi connectivity index (χ4v) is 5.83. The van der Waals surface area contributed by atoms with E-state index < -0.39 is 0 Å².